The molecule has 0 saturated heterocycles. The Bertz CT molecular complexity index is 617. The average Bonchev–Trinajstić information content (AvgIpc) is 2.58. The van der Waals surface area contributed by atoms with Crippen molar-refractivity contribution in [1.82, 2.24) is 10.2 Å². The lowest BCUT2D eigenvalue weighted by atomic mass is 10.1. The van der Waals surface area contributed by atoms with Crippen molar-refractivity contribution in [2.45, 2.75) is 32.7 Å². The minimum Gasteiger partial charge on any atom is -0.480 e. The van der Waals surface area contributed by atoms with E-state index in [0.717, 1.165) is 6.42 Å². The van der Waals surface area contributed by atoms with Crippen molar-refractivity contribution in [2.24, 2.45) is 5.92 Å². The van der Waals surface area contributed by atoms with Gasteiger partial charge in [-0.25, -0.2) is 9.59 Å². The zero-order valence-corrected chi connectivity index (χ0v) is 14.9. The summed E-state index contributed by atoms with van der Waals surface area (Å²) in [6.45, 7) is 4.31. The van der Waals surface area contributed by atoms with Crippen molar-refractivity contribution in [3.63, 3.8) is 0 Å². The number of nitrogens with zero attached hydrogens (tertiary/aromatic N) is 2. The van der Waals surface area contributed by atoms with Gasteiger partial charge in [-0.3, -0.25) is 10.1 Å². The first-order valence-corrected chi connectivity index (χ1v) is 8.37. The van der Waals surface area contributed by atoms with Crippen molar-refractivity contribution in [3.05, 3.63) is 39.9 Å². The Morgan fingerprint density at radius 3 is 2.31 bits per heavy atom. The van der Waals surface area contributed by atoms with Crippen molar-refractivity contribution in [3.8, 4) is 0 Å². The number of rotatable bonds is 10. The van der Waals surface area contributed by atoms with E-state index in [9.17, 15) is 24.8 Å². The van der Waals surface area contributed by atoms with Gasteiger partial charge < -0.3 is 20.4 Å². The van der Waals surface area contributed by atoms with Crippen LogP contribution in [0, 0.1) is 16.0 Å². The highest BCUT2D eigenvalue weighted by atomic mass is 16.6. The van der Waals surface area contributed by atoms with E-state index >= 15 is 0 Å². The maximum absolute atomic E-state index is 12.3. The van der Waals surface area contributed by atoms with E-state index in [1.54, 1.807) is 0 Å². The van der Waals surface area contributed by atoms with Crippen LogP contribution in [0.1, 0.15) is 25.8 Å². The number of aliphatic hydroxyl groups is 1. The number of carboxylic acids is 1. The normalized spacial score (nSPS) is 11.8. The van der Waals surface area contributed by atoms with Crippen LogP contribution >= 0.6 is 0 Å². The Hall–Kier alpha value is -2.68. The molecule has 0 spiro atoms. The Labute approximate surface area is 151 Å². The molecule has 144 valence electrons. The Balaban J connectivity index is 2.77. The maximum atomic E-state index is 12.3. The van der Waals surface area contributed by atoms with Crippen molar-refractivity contribution in [1.29, 1.82) is 0 Å². The molecule has 0 aliphatic heterocycles. The zero-order valence-electron chi connectivity index (χ0n) is 14.9. The van der Waals surface area contributed by atoms with Crippen molar-refractivity contribution >= 4 is 17.7 Å². The Morgan fingerprint density at radius 1 is 1.23 bits per heavy atom. The third-order valence-corrected chi connectivity index (χ3v) is 3.82. The van der Waals surface area contributed by atoms with E-state index < -0.39 is 23.0 Å². The highest BCUT2D eigenvalue weighted by Crippen LogP contribution is 2.13. The SMILES string of the molecule is CC(C)CCN(CCO)C(=O)NC(Cc1ccc([N+](=O)[O-])cc1)C(=O)O. The Morgan fingerprint density at radius 2 is 1.85 bits per heavy atom. The van der Waals surface area contributed by atoms with E-state index in [-0.39, 0.29) is 25.3 Å². The minimum absolute atomic E-state index is 0.00376. The standard InChI is InChI=1S/C17H25N3O6/c1-12(2)7-8-19(9-10-21)17(24)18-15(16(22)23)11-13-3-5-14(6-4-13)20(25)26/h3-6,12,15,21H,7-11H2,1-2H3,(H,18,24)(H,22,23). The largest absolute Gasteiger partial charge is 0.480 e. The van der Waals surface area contributed by atoms with E-state index in [1.807, 2.05) is 13.8 Å². The van der Waals surface area contributed by atoms with E-state index in [0.29, 0.717) is 18.0 Å². The molecule has 1 aromatic carbocycles. The number of amides is 2. The first-order valence-electron chi connectivity index (χ1n) is 8.37. The number of benzene rings is 1. The van der Waals surface area contributed by atoms with E-state index in [4.69, 9.17) is 5.11 Å². The van der Waals surface area contributed by atoms with Gasteiger partial charge in [0.15, 0.2) is 0 Å². The lowest BCUT2D eigenvalue weighted by Gasteiger charge is -2.25. The lowest BCUT2D eigenvalue weighted by Crippen LogP contribution is -2.50. The summed E-state index contributed by atoms with van der Waals surface area (Å²) in [4.78, 5) is 35.3. The summed E-state index contributed by atoms with van der Waals surface area (Å²) >= 11 is 0. The van der Waals surface area contributed by atoms with Crippen molar-refractivity contribution in [2.75, 3.05) is 19.7 Å². The summed E-state index contributed by atoms with van der Waals surface area (Å²) in [7, 11) is 0. The first kappa shape index (κ1) is 21.4. The molecule has 0 aliphatic rings. The van der Waals surface area contributed by atoms with Gasteiger partial charge in [-0.1, -0.05) is 26.0 Å². The Kier molecular flexibility index (Phi) is 8.50. The summed E-state index contributed by atoms with van der Waals surface area (Å²) in [5.74, 6) is -0.844. The monoisotopic (exact) mass is 367 g/mol. The van der Waals surface area contributed by atoms with Crippen LogP contribution < -0.4 is 5.32 Å². The number of aliphatic hydroxyl groups excluding tert-OH is 1. The molecule has 2 amide bonds. The highest BCUT2D eigenvalue weighted by Gasteiger charge is 2.23. The fraction of sp³-hybridized carbons (Fsp3) is 0.529. The third kappa shape index (κ3) is 7.06. The molecule has 0 aliphatic carbocycles. The van der Waals surface area contributed by atoms with Crippen LogP contribution in [0.25, 0.3) is 0 Å². The summed E-state index contributed by atoms with van der Waals surface area (Å²) < 4.78 is 0. The van der Waals surface area contributed by atoms with Gasteiger partial charge in [-0.05, 0) is 17.9 Å². The number of non-ortho nitro benzene ring substituents is 1. The zero-order chi connectivity index (χ0) is 19.7. The first-order chi connectivity index (χ1) is 12.2. The van der Waals surface area contributed by atoms with Crippen LogP contribution in [0.5, 0.6) is 0 Å². The second kappa shape index (κ2) is 10.3. The molecule has 0 aromatic heterocycles. The topological polar surface area (TPSA) is 133 Å². The molecular weight excluding hydrogens is 342 g/mol. The fourth-order valence-corrected chi connectivity index (χ4v) is 2.28. The second-order valence-corrected chi connectivity index (χ2v) is 6.36. The van der Waals surface area contributed by atoms with Gasteiger partial charge >= 0.3 is 12.0 Å². The molecule has 0 saturated carbocycles. The molecule has 3 N–H and O–H groups in total. The molecule has 1 rings (SSSR count). The molecule has 0 heterocycles. The number of hydrogen-bond donors (Lipinski definition) is 3. The van der Waals surface area contributed by atoms with E-state index in [1.165, 1.54) is 29.2 Å². The molecule has 1 aromatic rings. The number of aliphatic carboxylic acids is 1. The number of carbonyl (C=O) groups is 2. The van der Waals surface area contributed by atoms with E-state index in [2.05, 4.69) is 5.32 Å². The molecule has 1 unspecified atom stereocenters. The third-order valence-electron chi connectivity index (χ3n) is 3.82. The number of nitro benzene ring substituents is 1. The molecule has 0 fully saturated rings. The minimum atomic E-state index is -1.20. The number of urea groups is 1. The molecule has 0 bridgehead atoms. The molecule has 26 heavy (non-hydrogen) atoms. The van der Waals surface area contributed by atoms with Gasteiger partial charge in [-0.2, -0.15) is 0 Å². The summed E-state index contributed by atoms with van der Waals surface area (Å²) in [5.41, 5.74) is 0.464. The molecule has 9 heteroatoms. The van der Waals surface area contributed by atoms with Crippen LogP contribution in [0.3, 0.4) is 0 Å². The molecular formula is C17H25N3O6. The summed E-state index contributed by atoms with van der Waals surface area (Å²) in [6, 6.07) is 3.76. The van der Waals surface area contributed by atoms with Crippen molar-refractivity contribution < 1.29 is 24.7 Å². The van der Waals surface area contributed by atoms with Crippen LogP contribution in [-0.2, 0) is 11.2 Å². The number of hydrogen-bond acceptors (Lipinski definition) is 5. The van der Waals surface area contributed by atoms with Gasteiger partial charge in [0.05, 0.1) is 11.5 Å². The average molecular weight is 367 g/mol. The van der Waals surface area contributed by atoms with Gasteiger partial charge in [0.2, 0.25) is 0 Å². The number of nitrogens with one attached hydrogen (secondary N) is 1. The summed E-state index contributed by atoms with van der Waals surface area (Å²) in [5, 5.41) is 31.6. The molecule has 1 atom stereocenters. The maximum Gasteiger partial charge on any atom is 0.326 e. The van der Waals surface area contributed by atoms with Gasteiger partial charge in [-0.15, -0.1) is 0 Å². The number of carboxylic acid groups (broad SMARTS) is 1. The predicted octanol–water partition coefficient (Wildman–Crippen LogP) is 1.64. The molecule has 0 radical (unpaired) electrons. The van der Waals surface area contributed by atoms with Gasteiger partial charge in [0, 0.05) is 31.6 Å². The molecule has 9 nitrogen and oxygen atoms in total. The van der Waals surface area contributed by atoms with Gasteiger partial charge in [0.25, 0.3) is 5.69 Å². The smallest absolute Gasteiger partial charge is 0.326 e. The highest BCUT2D eigenvalue weighted by molar-refractivity contribution is 5.82. The van der Waals surface area contributed by atoms with Crippen LogP contribution in [0.4, 0.5) is 10.5 Å². The second-order valence-electron chi connectivity index (χ2n) is 6.36. The van der Waals surface area contributed by atoms with Crippen LogP contribution in [0.2, 0.25) is 0 Å². The fourth-order valence-electron chi connectivity index (χ4n) is 2.28. The number of carbonyl (C=O) groups excluding carboxylic acids is 1. The lowest BCUT2D eigenvalue weighted by molar-refractivity contribution is -0.384. The van der Waals surface area contributed by atoms with Crippen LogP contribution in [0.15, 0.2) is 24.3 Å². The predicted molar refractivity (Wildman–Crippen MR) is 94.9 cm³/mol. The summed E-state index contributed by atoms with van der Waals surface area (Å²) in [6.07, 6.45) is 0.726. The number of nitro groups is 1. The quantitative estimate of drug-likeness (QED) is 0.425. The van der Waals surface area contributed by atoms with Gasteiger partial charge in [0.1, 0.15) is 6.04 Å². The van der Waals surface area contributed by atoms with Crippen LogP contribution in [-0.4, -0.2) is 57.8 Å².